The predicted octanol–water partition coefficient (Wildman–Crippen LogP) is 3.92. The van der Waals surface area contributed by atoms with Gasteiger partial charge in [-0.05, 0) is 30.2 Å². The molecule has 5 rings (SSSR count). The number of aromatic amines is 1. The van der Waals surface area contributed by atoms with Crippen LogP contribution in [0.1, 0.15) is 57.9 Å². The van der Waals surface area contributed by atoms with Crippen molar-refractivity contribution in [1.29, 1.82) is 0 Å². The monoisotopic (exact) mass is 456 g/mol. The van der Waals surface area contributed by atoms with Crippen LogP contribution in [-0.2, 0) is 16.4 Å². The molecule has 0 spiro atoms. The van der Waals surface area contributed by atoms with E-state index in [9.17, 15) is 15.3 Å². The average molecular weight is 457 g/mol. The maximum Gasteiger partial charge on any atom is 0.132 e. The van der Waals surface area contributed by atoms with Crippen molar-refractivity contribution in [3.05, 3.63) is 47.7 Å². The third-order valence-corrected chi connectivity index (χ3v) is 10.2. The highest BCUT2D eigenvalue weighted by Gasteiger charge is 2.78. The molecule has 172 valence electrons. The van der Waals surface area contributed by atoms with E-state index in [1.165, 1.54) is 0 Å². The molecule has 2 aromatic rings. The molecule has 32 heavy (non-hydrogen) atoms. The summed E-state index contributed by atoms with van der Waals surface area (Å²) in [6, 6.07) is 6.12. The van der Waals surface area contributed by atoms with Crippen LogP contribution in [0.3, 0.4) is 0 Å². The number of aliphatic hydroxyl groups excluding tert-OH is 2. The number of aliphatic imine (C=N–C) groups is 1. The fraction of sp³-hybridized carbons (Fsp3) is 0.577. The van der Waals surface area contributed by atoms with E-state index in [4.69, 9.17) is 11.6 Å². The normalized spacial score (nSPS) is 43.5. The summed E-state index contributed by atoms with van der Waals surface area (Å²) >= 11 is 7.07. The lowest BCUT2D eigenvalue weighted by Gasteiger charge is -2.66. The van der Waals surface area contributed by atoms with Crippen molar-refractivity contribution in [1.82, 2.24) is 4.98 Å². The van der Waals surface area contributed by atoms with Crippen molar-refractivity contribution in [3.63, 3.8) is 0 Å². The molecule has 7 atom stereocenters. The quantitative estimate of drug-likeness (QED) is 0.314. The van der Waals surface area contributed by atoms with E-state index >= 15 is 0 Å². The van der Waals surface area contributed by atoms with E-state index in [-0.39, 0.29) is 5.92 Å². The third kappa shape index (κ3) is 1.95. The Morgan fingerprint density at radius 3 is 2.38 bits per heavy atom. The fourth-order valence-electron chi connectivity index (χ4n) is 7.54. The van der Waals surface area contributed by atoms with Gasteiger partial charge in [0.2, 0.25) is 0 Å². The number of alkyl halides is 1. The summed E-state index contributed by atoms with van der Waals surface area (Å²) in [5.41, 5.74) is -2.22. The smallest absolute Gasteiger partial charge is 0.132 e. The Balaban J connectivity index is 2.09. The average Bonchev–Trinajstić information content (AvgIpc) is 3.14. The number of aliphatic hydroxyl groups is 3. The number of halogens is 1. The van der Waals surface area contributed by atoms with Gasteiger partial charge in [-0.3, -0.25) is 4.99 Å². The lowest BCUT2D eigenvalue weighted by molar-refractivity contribution is -0.220. The van der Waals surface area contributed by atoms with Gasteiger partial charge in [-0.25, -0.2) is 0 Å². The first-order chi connectivity index (χ1) is 14.8. The summed E-state index contributed by atoms with van der Waals surface area (Å²) in [4.78, 5) is 8.06. The number of hydrogen-bond donors (Lipinski definition) is 4. The molecule has 0 amide bonds. The molecule has 3 aliphatic rings. The molecule has 1 aromatic carbocycles. The number of benzene rings is 1. The van der Waals surface area contributed by atoms with Gasteiger partial charge in [0.1, 0.15) is 17.2 Å². The van der Waals surface area contributed by atoms with Crippen molar-refractivity contribution >= 4 is 29.2 Å². The van der Waals surface area contributed by atoms with Gasteiger partial charge in [0.15, 0.2) is 0 Å². The topological polar surface area (TPSA) is 88.8 Å². The van der Waals surface area contributed by atoms with Crippen molar-refractivity contribution in [2.45, 2.75) is 80.6 Å². The summed E-state index contributed by atoms with van der Waals surface area (Å²) in [6.45, 7) is 17.8. The van der Waals surface area contributed by atoms with E-state index in [0.717, 1.165) is 22.2 Å². The van der Waals surface area contributed by atoms with Gasteiger partial charge in [-0.1, -0.05) is 52.8 Å². The Bertz CT molecular complexity index is 1170. The highest BCUT2D eigenvalue weighted by atomic mass is 35.5. The van der Waals surface area contributed by atoms with Crippen LogP contribution < -0.4 is 0 Å². The number of rotatable bonds is 2. The number of aromatic nitrogens is 1. The molecule has 1 aromatic heterocycles. The summed E-state index contributed by atoms with van der Waals surface area (Å²) in [5.74, 6) is -0.376. The molecule has 7 unspecified atom stereocenters. The van der Waals surface area contributed by atoms with Gasteiger partial charge >= 0.3 is 0 Å². The number of nitrogens with one attached hydrogen (secondary N) is 1. The van der Waals surface area contributed by atoms with Crippen molar-refractivity contribution in [2.24, 2.45) is 16.3 Å². The Morgan fingerprint density at radius 1 is 1.12 bits per heavy atom. The van der Waals surface area contributed by atoms with Gasteiger partial charge in [-0.2, -0.15) is 0 Å². The second-order valence-electron chi connectivity index (χ2n) is 11.4. The molecule has 1 fully saturated rings. The van der Waals surface area contributed by atoms with Crippen LogP contribution >= 0.6 is 11.6 Å². The van der Waals surface area contributed by atoms with Crippen molar-refractivity contribution in [3.8, 4) is 0 Å². The van der Waals surface area contributed by atoms with Gasteiger partial charge in [0.05, 0.1) is 6.10 Å². The van der Waals surface area contributed by atoms with Crippen molar-refractivity contribution in [2.75, 3.05) is 0 Å². The molecule has 0 bridgehead atoms. The molecule has 6 heteroatoms. The van der Waals surface area contributed by atoms with E-state index in [2.05, 4.69) is 43.2 Å². The molecule has 4 N–H and O–H groups in total. The lowest BCUT2D eigenvalue weighted by atomic mass is 9.42. The maximum absolute atomic E-state index is 13.1. The SMILES string of the molecule is C=CC1(C)C(Cl)CC2C(C)(C)c3cccc4[nH]c5c(c34)C2(O)C1(N=C)C(O)C(O)C5(C)C. The minimum absolute atomic E-state index is 0.376. The fourth-order valence-corrected chi connectivity index (χ4v) is 7.97. The molecule has 0 saturated heterocycles. The van der Waals surface area contributed by atoms with E-state index in [1.54, 1.807) is 6.08 Å². The zero-order valence-electron chi connectivity index (χ0n) is 19.4. The highest BCUT2D eigenvalue weighted by molar-refractivity contribution is 6.21. The molecular formula is C26H33ClN2O3. The van der Waals surface area contributed by atoms with Gasteiger partial charge in [0, 0.05) is 44.3 Å². The molecule has 0 radical (unpaired) electrons. The first kappa shape index (κ1) is 22.1. The van der Waals surface area contributed by atoms with E-state index < -0.39 is 45.0 Å². The van der Waals surface area contributed by atoms with Gasteiger partial charge in [0.25, 0.3) is 0 Å². The first-order valence-electron chi connectivity index (χ1n) is 11.3. The number of nitrogens with zero attached hydrogens (tertiary/aromatic N) is 1. The van der Waals surface area contributed by atoms with Crippen LogP contribution in [0.25, 0.3) is 10.9 Å². The molecule has 1 saturated carbocycles. The zero-order valence-corrected chi connectivity index (χ0v) is 20.2. The summed E-state index contributed by atoms with van der Waals surface area (Å²) in [6.07, 6.45) is -0.489. The minimum atomic E-state index is -1.64. The molecular weight excluding hydrogens is 424 g/mol. The van der Waals surface area contributed by atoms with E-state index in [1.807, 2.05) is 32.9 Å². The summed E-state index contributed by atoms with van der Waals surface area (Å²) < 4.78 is 0. The molecule has 3 aliphatic carbocycles. The lowest BCUT2D eigenvalue weighted by Crippen LogP contribution is -2.77. The van der Waals surface area contributed by atoms with Crippen LogP contribution in [0.4, 0.5) is 0 Å². The van der Waals surface area contributed by atoms with Crippen LogP contribution in [0.5, 0.6) is 0 Å². The standard InChI is InChI=1S/C26H33ClN2O3/c1-8-24(6)16(27)12-15-22(2,3)13-10-9-11-14-17(13)18-19(29-14)23(4,5)20(30)21(31)26(24,28-7)25(15,18)32/h8-11,15-16,20-21,29-32H,1,7,12H2,2-6H3. The maximum atomic E-state index is 13.1. The molecule has 0 aliphatic heterocycles. The molecule has 5 nitrogen and oxygen atoms in total. The van der Waals surface area contributed by atoms with Crippen LogP contribution in [0, 0.1) is 11.3 Å². The van der Waals surface area contributed by atoms with Gasteiger partial charge < -0.3 is 20.3 Å². The van der Waals surface area contributed by atoms with Crippen molar-refractivity contribution < 1.29 is 15.3 Å². The highest BCUT2D eigenvalue weighted by Crippen LogP contribution is 2.70. The zero-order chi connectivity index (χ0) is 23.6. The Hall–Kier alpha value is -1.66. The third-order valence-electron chi connectivity index (χ3n) is 9.55. The summed E-state index contributed by atoms with van der Waals surface area (Å²) in [7, 11) is 0. The predicted molar refractivity (Wildman–Crippen MR) is 129 cm³/mol. The van der Waals surface area contributed by atoms with E-state index in [0.29, 0.717) is 12.0 Å². The van der Waals surface area contributed by atoms with Crippen LogP contribution in [0.15, 0.2) is 35.8 Å². The Kier molecular flexibility index (Phi) is 4.20. The number of hydrogen-bond acceptors (Lipinski definition) is 4. The summed E-state index contributed by atoms with van der Waals surface area (Å²) in [5, 5.41) is 37.0. The molecule has 1 heterocycles. The van der Waals surface area contributed by atoms with Crippen LogP contribution in [0.2, 0.25) is 0 Å². The van der Waals surface area contributed by atoms with Crippen LogP contribution in [-0.4, -0.2) is 50.1 Å². The van der Waals surface area contributed by atoms with Gasteiger partial charge in [-0.15, -0.1) is 18.2 Å². The number of H-pyrrole nitrogens is 1. The minimum Gasteiger partial charge on any atom is -0.389 e. The largest absolute Gasteiger partial charge is 0.389 e. The second-order valence-corrected chi connectivity index (χ2v) is 11.9. The first-order valence-corrected chi connectivity index (χ1v) is 11.7. The Labute approximate surface area is 194 Å². The second kappa shape index (κ2) is 6.06. The Morgan fingerprint density at radius 2 is 1.78 bits per heavy atom.